The first-order valence-corrected chi connectivity index (χ1v) is 12.2. The fourth-order valence-corrected chi connectivity index (χ4v) is 5.29. The third-order valence-electron chi connectivity index (χ3n) is 7.19. The van der Waals surface area contributed by atoms with Crippen molar-refractivity contribution in [1.82, 2.24) is 25.5 Å². The number of H-pyrrole nitrogens is 1. The monoisotopic (exact) mass is 502 g/mol. The first-order valence-electron chi connectivity index (χ1n) is 12.2. The molecule has 1 saturated heterocycles. The summed E-state index contributed by atoms with van der Waals surface area (Å²) in [5, 5.41) is 10.6. The lowest BCUT2D eigenvalue weighted by molar-refractivity contribution is -0.156. The number of piperidine rings is 1. The van der Waals surface area contributed by atoms with Gasteiger partial charge in [0, 0.05) is 29.6 Å². The summed E-state index contributed by atoms with van der Waals surface area (Å²) in [6, 6.07) is 5.06. The number of alkyl halides is 3. The zero-order valence-corrected chi connectivity index (χ0v) is 19.7. The van der Waals surface area contributed by atoms with Gasteiger partial charge in [0.05, 0.1) is 17.1 Å². The van der Waals surface area contributed by atoms with Crippen molar-refractivity contribution in [3.05, 3.63) is 24.3 Å². The van der Waals surface area contributed by atoms with E-state index in [1.807, 2.05) is 0 Å². The SMILES string of the molecule is Nc1nc(-c2ccc3c(N)n[nH]c3c2)cc(N2C[C@H](C(=O)NC3CCCCC3)CC[C@@H]2C(F)(F)F)n1. The quantitative estimate of drug-likeness (QED) is 0.426. The molecule has 2 aliphatic rings. The highest BCUT2D eigenvalue weighted by atomic mass is 19.4. The van der Waals surface area contributed by atoms with Crippen LogP contribution in [0, 0.1) is 5.92 Å². The number of rotatable bonds is 4. The van der Waals surface area contributed by atoms with Gasteiger partial charge < -0.3 is 21.7 Å². The molecule has 1 aliphatic heterocycles. The van der Waals surface area contributed by atoms with Crippen LogP contribution >= 0.6 is 0 Å². The van der Waals surface area contributed by atoms with Gasteiger partial charge in [-0.25, -0.2) is 4.98 Å². The maximum absolute atomic E-state index is 14.0. The number of nitrogen functional groups attached to an aromatic ring is 2. The number of aromatic nitrogens is 4. The average molecular weight is 503 g/mol. The van der Waals surface area contributed by atoms with Gasteiger partial charge in [-0.2, -0.15) is 23.3 Å². The zero-order chi connectivity index (χ0) is 25.4. The van der Waals surface area contributed by atoms with Gasteiger partial charge in [-0.1, -0.05) is 25.3 Å². The molecule has 0 unspecified atom stereocenters. The van der Waals surface area contributed by atoms with E-state index in [-0.39, 0.29) is 43.1 Å². The molecule has 0 spiro atoms. The number of hydrogen-bond acceptors (Lipinski definition) is 7. The summed E-state index contributed by atoms with van der Waals surface area (Å²) in [4.78, 5) is 22.5. The van der Waals surface area contributed by atoms with E-state index in [2.05, 4.69) is 25.5 Å². The fraction of sp³-hybridized carbons (Fsp3) is 0.500. The molecule has 2 fully saturated rings. The minimum absolute atomic E-state index is 0.0409. The van der Waals surface area contributed by atoms with Crippen molar-refractivity contribution in [1.29, 1.82) is 0 Å². The van der Waals surface area contributed by atoms with Crippen LogP contribution in [0.25, 0.3) is 22.2 Å². The van der Waals surface area contributed by atoms with E-state index < -0.39 is 18.1 Å². The van der Waals surface area contributed by atoms with Gasteiger partial charge in [-0.15, -0.1) is 0 Å². The molecule has 1 amide bonds. The Bertz CT molecular complexity index is 1250. The highest BCUT2D eigenvalue weighted by Gasteiger charge is 2.48. The van der Waals surface area contributed by atoms with Gasteiger partial charge in [0.25, 0.3) is 0 Å². The van der Waals surface area contributed by atoms with Crippen LogP contribution in [-0.4, -0.2) is 50.9 Å². The summed E-state index contributed by atoms with van der Waals surface area (Å²) in [5.41, 5.74) is 13.4. The van der Waals surface area contributed by atoms with Crippen molar-refractivity contribution in [2.45, 2.75) is 63.2 Å². The van der Waals surface area contributed by atoms with Crippen LogP contribution in [-0.2, 0) is 4.79 Å². The second-order valence-electron chi connectivity index (χ2n) is 9.67. The van der Waals surface area contributed by atoms with Crippen molar-refractivity contribution in [2.24, 2.45) is 5.92 Å². The highest BCUT2D eigenvalue weighted by molar-refractivity contribution is 5.91. The molecular formula is C24H29F3N8O. The number of benzene rings is 1. The van der Waals surface area contributed by atoms with E-state index in [0.717, 1.165) is 42.4 Å². The van der Waals surface area contributed by atoms with E-state index in [4.69, 9.17) is 11.5 Å². The number of carbonyl (C=O) groups excluding carboxylic acids is 1. The standard InChI is InChI=1S/C24H29F3N8O/c25-24(26,27)19-9-7-14(22(36)30-15-4-2-1-3-5-15)12-35(19)20-11-17(31-23(29)32-20)13-6-8-16-18(10-13)33-34-21(16)28/h6,8,10-11,14-15,19H,1-5,7,9,12H2,(H,30,36)(H3,28,33,34)(H2,29,31,32)/t14-,19-/m1/s1. The number of anilines is 3. The van der Waals surface area contributed by atoms with Gasteiger partial charge in [-0.3, -0.25) is 9.89 Å². The average Bonchev–Trinajstić information content (AvgIpc) is 3.23. The van der Waals surface area contributed by atoms with Gasteiger partial charge in [-0.05, 0) is 37.8 Å². The molecule has 0 radical (unpaired) electrons. The van der Waals surface area contributed by atoms with Crippen LogP contribution in [0.3, 0.4) is 0 Å². The Morgan fingerprint density at radius 3 is 2.58 bits per heavy atom. The third kappa shape index (κ3) is 4.89. The Hall–Kier alpha value is -3.57. The third-order valence-corrected chi connectivity index (χ3v) is 7.19. The second-order valence-corrected chi connectivity index (χ2v) is 9.67. The molecule has 12 heteroatoms. The Morgan fingerprint density at radius 2 is 1.83 bits per heavy atom. The number of nitrogens with one attached hydrogen (secondary N) is 2. The summed E-state index contributed by atoms with van der Waals surface area (Å²) in [6.07, 6.45) is 0.536. The molecule has 2 aromatic heterocycles. The lowest BCUT2D eigenvalue weighted by Gasteiger charge is -2.41. The number of nitrogens with zero attached hydrogens (tertiary/aromatic N) is 4. The molecule has 5 rings (SSSR count). The summed E-state index contributed by atoms with van der Waals surface area (Å²) >= 11 is 0. The van der Waals surface area contributed by atoms with E-state index in [1.54, 1.807) is 18.2 Å². The van der Waals surface area contributed by atoms with Crippen molar-refractivity contribution < 1.29 is 18.0 Å². The van der Waals surface area contributed by atoms with E-state index in [1.165, 1.54) is 6.07 Å². The number of halogens is 3. The molecule has 1 aliphatic carbocycles. The molecule has 0 bridgehead atoms. The van der Waals surface area contributed by atoms with Crippen LogP contribution in [0.15, 0.2) is 24.3 Å². The number of carbonyl (C=O) groups is 1. The van der Waals surface area contributed by atoms with Crippen LogP contribution < -0.4 is 21.7 Å². The predicted octanol–water partition coefficient (Wildman–Crippen LogP) is 3.78. The van der Waals surface area contributed by atoms with Crippen LogP contribution in [0.1, 0.15) is 44.9 Å². The lowest BCUT2D eigenvalue weighted by atomic mass is 9.90. The van der Waals surface area contributed by atoms with Gasteiger partial charge in [0.2, 0.25) is 11.9 Å². The molecule has 3 aromatic rings. The molecule has 3 heterocycles. The summed E-state index contributed by atoms with van der Waals surface area (Å²) in [6.45, 7) is -0.102. The highest BCUT2D eigenvalue weighted by Crippen LogP contribution is 2.38. The van der Waals surface area contributed by atoms with Crippen molar-refractivity contribution in [2.75, 3.05) is 22.9 Å². The topological polar surface area (TPSA) is 139 Å². The first kappa shape index (κ1) is 24.1. The number of nitrogens with two attached hydrogens (primary N) is 2. The molecule has 2 atom stereocenters. The van der Waals surface area contributed by atoms with Crippen LogP contribution in [0.5, 0.6) is 0 Å². The van der Waals surface area contributed by atoms with Gasteiger partial charge in [0.1, 0.15) is 11.9 Å². The summed E-state index contributed by atoms with van der Waals surface area (Å²) in [7, 11) is 0. The van der Waals surface area contributed by atoms with E-state index >= 15 is 0 Å². The number of hydrogen-bond donors (Lipinski definition) is 4. The van der Waals surface area contributed by atoms with E-state index in [0.29, 0.717) is 22.6 Å². The van der Waals surface area contributed by atoms with Crippen LogP contribution in [0.4, 0.5) is 30.8 Å². The lowest BCUT2D eigenvalue weighted by Crippen LogP contribution is -2.55. The smallest absolute Gasteiger partial charge is 0.382 e. The fourth-order valence-electron chi connectivity index (χ4n) is 5.29. The zero-order valence-electron chi connectivity index (χ0n) is 19.7. The normalized spacial score (nSPS) is 21.6. The molecule has 192 valence electrons. The van der Waals surface area contributed by atoms with Crippen molar-refractivity contribution >= 4 is 34.4 Å². The van der Waals surface area contributed by atoms with Gasteiger partial charge in [0.15, 0.2) is 5.82 Å². The molecule has 9 nitrogen and oxygen atoms in total. The molecule has 6 N–H and O–H groups in total. The Kier molecular flexibility index (Phi) is 6.35. The molecule has 1 aromatic carbocycles. The Morgan fingerprint density at radius 1 is 1.06 bits per heavy atom. The summed E-state index contributed by atoms with van der Waals surface area (Å²) in [5.74, 6) is -0.537. The number of amides is 1. The van der Waals surface area contributed by atoms with Crippen molar-refractivity contribution in [3.8, 4) is 11.3 Å². The van der Waals surface area contributed by atoms with Crippen LogP contribution in [0.2, 0.25) is 0 Å². The minimum Gasteiger partial charge on any atom is -0.382 e. The molecule has 36 heavy (non-hydrogen) atoms. The minimum atomic E-state index is -4.49. The number of aromatic amines is 1. The summed E-state index contributed by atoms with van der Waals surface area (Å²) < 4.78 is 42.1. The van der Waals surface area contributed by atoms with Crippen molar-refractivity contribution in [3.63, 3.8) is 0 Å². The largest absolute Gasteiger partial charge is 0.408 e. The van der Waals surface area contributed by atoms with E-state index in [9.17, 15) is 18.0 Å². The Balaban J connectivity index is 1.44. The predicted molar refractivity (Wildman–Crippen MR) is 131 cm³/mol. The number of fused-ring (bicyclic) bond motifs is 1. The second kappa shape index (κ2) is 9.47. The van der Waals surface area contributed by atoms with Gasteiger partial charge >= 0.3 is 6.18 Å². The Labute approximate surface area is 205 Å². The first-order chi connectivity index (χ1) is 17.2. The maximum Gasteiger partial charge on any atom is 0.408 e. The molecular weight excluding hydrogens is 473 g/mol. The maximum atomic E-state index is 14.0. The molecule has 1 saturated carbocycles.